The van der Waals surface area contributed by atoms with Gasteiger partial charge in [-0.2, -0.15) is 0 Å². The summed E-state index contributed by atoms with van der Waals surface area (Å²) in [7, 11) is 1.68. The lowest BCUT2D eigenvalue weighted by molar-refractivity contribution is 0.303. The number of aromatic nitrogens is 2. The van der Waals surface area contributed by atoms with Crippen molar-refractivity contribution in [1.29, 1.82) is 0 Å². The normalized spacial score (nSPS) is 11.4. The second-order valence-electron chi connectivity index (χ2n) is 5.94. The van der Waals surface area contributed by atoms with Gasteiger partial charge in [-0.25, -0.2) is 4.98 Å². The Balaban J connectivity index is 1.61. The van der Waals surface area contributed by atoms with E-state index in [1.807, 2.05) is 18.2 Å². The van der Waals surface area contributed by atoms with E-state index in [0.29, 0.717) is 0 Å². The second kappa shape index (κ2) is 8.36. The van der Waals surface area contributed by atoms with Gasteiger partial charge in [-0.15, -0.1) is 11.3 Å². The highest BCUT2D eigenvalue weighted by molar-refractivity contribution is 7.19. The van der Waals surface area contributed by atoms with Crippen LogP contribution < -0.4 is 10.1 Å². The Morgan fingerprint density at radius 2 is 2.04 bits per heavy atom. The first-order valence-electron chi connectivity index (χ1n) is 8.83. The van der Waals surface area contributed by atoms with Crippen LogP contribution in [0.1, 0.15) is 20.3 Å². The first-order valence-corrected chi connectivity index (χ1v) is 9.65. The zero-order valence-corrected chi connectivity index (χ0v) is 15.9. The van der Waals surface area contributed by atoms with Gasteiger partial charge in [-0.05, 0) is 50.3 Å². The number of benzene rings is 1. The van der Waals surface area contributed by atoms with Crippen molar-refractivity contribution in [2.45, 2.75) is 20.3 Å². The van der Waals surface area contributed by atoms with E-state index in [1.54, 1.807) is 18.4 Å². The third-order valence-corrected chi connectivity index (χ3v) is 5.42. The summed E-state index contributed by atoms with van der Waals surface area (Å²) in [6.45, 7) is 8.81. The zero-order chi connectivity index (χ0) is 17.6. The van der Waals surface area contributed by atoms with Crippen LogP contribution in [0.25, 0.3) is 21.7 Å². The average Bonchev–Trinajstić information content (AvgIpc) is 3.27. The number of imidazole rings is 1. The number of thiophene rings is 1. The smallest absolute Gasteiger partial charge is 0.148 e. The molecule has 5 nitrogen and oxygen atoms in total. The lowest BCUT2D eigenvalue weighted by Gasteiger charge is -2.17. The molecule has 3 rings (SSSR count). The highest BCUT2D eigenvalue weighted by Gasteiger charge is 2.09. The maximum atomic E-state index is 5.27. The number of ether oxygens (including phenoxy) is 1. The molecule has 0 amide bonds. The summed E-state index contributed by atoms with van der Waals surface area (Å²) in [5.41, 5.74) is 1.95. The summed E-state index contributed by atoms with van der Waals surface area (Å²) >= 11 is 1.73. The van der Waals surface area contributed by atoms with Crippen LogP contribution in [-0.4, -0.2) is 48.2 Å². The van der Waals surface area contributed by atoms with Gasteiger partial charge in [0.2, 0.25) is 0 Å². The molecule has 0 saturated heterocycles. The summed E-state index contributed by atoms with van der Waals surface area (Å²) in [6, 6.07) is 10.1. The van der Waals surface area contributed by atoms with Crippen LogP contribution in [0.2, 0.25) is 0 Å². The first kappa shape index (κ1) is 17.8. The van der Waals surface area contributed by atoms with Crippen LogP contribution >= 0.6 is 11.3 Å². The Morgan fingerprint density at radius 3 is 2.80 bits per heavy atom. The van der Waals surface area contributed by atoms with Gasteiger partial charge in [0.05, 0.1) is 28.0 Å². The van der Waals surface area contributed by atoms with Gasteiger partial charge in [-0.1, -0.05) is 13.8 Å². The van der Waals surface area contributed by atoms with E-state index < -0.39 is 0 Å². The number of rotatable bonds is 9. The van der Waals surface area contributed by atoms with E-state index in [-0.39, 0.29) is 0 Å². The standard InChI is InChI=1S/C19H26N4OS/c1-4-23(5-2)12-6-11-20-18-10-9-17(25-18)19-21-15-8-7-14(24-3)13-16(15)22-19/h7-10,13,20H,4-6,11-12H2,1-3H3,(H,21,22). The molecular formula is C19H26N4OS. The third-order valence-electron chi connectivity index (χ3n) is 4.37. The Hall–Kier alpha value is -2.05. The maximum absolute atomic E-state index is 5.27. The van der Waals surface area contributed by atoms with Crippen LogP contribution in [0.5, 0.6) is 5.75 Å². The van der Waals surface area contributed by atoms with Crippen molar-refractivity contribution < 1.29 is 4.74 Å². The van der Waals surface area contributed by atoms with Gasteiger partial charge in [0.1, 0.15) is 11.6 Å². The molecule has 0 bridgehead atoms. The molecule has 3 aromatic rings. The number of anilines is 1. The van der Waals surface area contributed by atoms with Crippen LogP contribution in [-0.2, 0) is 0 Å². The third kappa shape index (κ3) is 4.32. The molecular weight excluding hydrogens is 332 g/mol. The summed E-state index contributed by atoms with van der Waals surface area (Å²) in [5, 5.41) is 4.71. The molecule has 0 fully saturated rings. The van der Waals surface area contributed by atoms with E-state index >= 15 is 0 Å². The molecule has 6 heteroatoms. The number of nitrogens with zero attached hydrogens (tertiary/aromatic N) is 2. The van der Waals surface area contributed by atoms with Gasteiger partial charge in [0, 0.05) is 12.6 Å². The molecule has 0 aliphatic heterocycles. The Bertz CT molecular complexity index is 807. The quantitative estimate of drug-likeness (QED) is 0.555. The lowest BCUT2D eigenvalue weighted by atomic mass is 10.3. The van der Waals surface area contributed by atoms with Crippen molar-refractivity contribution >= 4 is 27.4 Å². The number of hydrogen-bond donors (Lipinski definition) is 2. The van der Waals surface area contributed by atoms with Crippen LogP contribution in [0, 0.1) is 0 Å². The summed E-state index contributed by atoms with van der Waals surface area (Å²) in [4.78, 5) is 11.6. The number of aromatic amines is 1. The second-order valence-corrected chi connectivity index (χ2v) is 7.02. The molecule has 25 heavy (non-hydrogen) atoms. The van der Waals surface area contributed by atoms with Gasteiger partial charge >= 0.3 is 0 Å². The molecule has 2 aromatic heterocycles. The minimum atomic E-state index is 0.837. The van der Waals surface area contributed by atoms with E-state index in [4.69, 9.17) is 4.74 Å². The fraction of sp³-hybridized carbons (Fsp3) is 0.421. The minimum absolute atomic E-state index is 0.837. The molecule has 1 aromatic carbocycles. The van der Waals surface area contributed by atoms with Crippen LogP contribution in [0.4, 0.5) is 5.00 Å². The molecule has 2 heterocycles. The van der Waals surface area contributed by atoms with Crippen molar-refractivity contribution in [3.05, 3.63) is 30.3 Å². The topological polar surface area (TPSA) is 53.2 Å². The first-order chi connectivity index (χ1) is 12.2. The highest BCUT2D eigenvalue weighted by Crippen LogP contribution is 2.31. The largest absolute Gasteiger partial charge is 0.497 e. The van der Waals surface area contributed by atoms with Gasteiger partial charge in [0.25, 0.3) is 0 Å². The minimum Gasteiger partial charge on any atom is -0.497 e. The molecule has 0 spiro atoms. The van der Waals surface area contributed by atoms with Crippen molar-refractivity contribution in [3.63, 3.8) is 0 Å². The zero-order valence-electron chi connectivity index (χ0n) is 15.1. The van der Waals surface area contributed by atoms with E-state index in [1.165, 1.54) is 5.00 Å². The van der Waals surface area contributed by atoms with Gasteiger partial charge in [0.15, 0.2) is 0 Å². The number of methoxy groups -OCH3 is 1. The van der Waals surface area contributed by atoms with Crippen molar-refractivity contribution in [2.75, 3.05) is 38.6 Å². The van der Waals surface area contributed by atoms with Gasteiger partial charge in [-0.3, -0.25) is 0 Å². The number of nitrogens with one attached hydrogen (secondary N) is 2. The summed E-state index contributed by atoms with van der Waals surface area (Å²) in [5.74, 6) is 1.74. The van der Waals surface area contributed by atoms with Crippen molar-refractivity contribution in [3.8, 4) is 16.5 Å². The summed E-state index contributed by atoms with van der Waals surface area (Å²) in [6.07, 6.45) is 1.15. The number of H-pyrrole nitrogens is 1. The molecule has 0 unspecified atom stereocenters. The molecule has 0 saturated carbocycles. The van der Waals surface area contributed by atoms with Gasteiger partial charge < -0.3 is 19.9 Å². The fourth-order valence-corrected chi connectivity index (χ4v) is 3.72. The van der Waals surface area contributed by atoms with Crippen LogP contribution in [0.3, 0.4) is 0 Å². The van der Waals surface area contributed by atoms with E-state index in [2.05, 4.69) is 46.2 Å². The Labute approximate surface area is 153 Å². The Morgan fingerprint density at radius 1 is 1.20 bits per heavy atom. The van der Waals surface area contributed by atoms with Crippen molar-refractivity contribution in [1.82, 2.24) is 14.9 Å². The lowest BCUT2D eigenvalue weighted by Crippen LogP contribution is -2.25. The SMILES string of the molecule is CCN(CC)CCCNc1ccc(-c2nc3ccc(OC)cc3[nH]2)s1. The molecule has 134 valence electrons. The molecule has 0 aliphatic carbocycles. The monoisotopic (exact) mass is 358 g/mol. The van der Waals surface area contributed by atoms with Crippen LogP contribution in [0.15, 0.2) is 30.3 Å². The molecule has 0 radical (unpaired) electrons. The van der Waals surface area contributed by atoms with Crippen molar-refractivity contribution in [2.24, 2.45) is 0 Å². The summed E-state index contributed by atoms with van der Waals surface area (Å²) < 4.78 is 5.27. The average molecular weight is 359 g/mol. The fourth-order valence-electron chi connectivity index (χ4n) is 2.85. The number of hydrogen-bond acceptors (Lipinski definition) is 5. The molecule has 2 N–H and O–H groups in total. The predicted octanol–water partition coefficient (Wildman–Crippen LogP) is 4.44. The van der Waals surface area contributed by atoms with E-state index in [9.17, 15) is 0 Å². The molecule has 0 atom stereocenters. The molecule has 0 aliphatic rings. The number of fused-ring (bicyclic) bond motifs is 1. The Kier molecular flexibility index (Phi) is 5.94. The predicted molar refractivity (Wildman–Crippen MR) is 107 cm³/mol. The van der Waals surface area contributed by atoms with E-state index in [0.717, 1.165) is 60.1 Å². The highest BCUT2D eigenvalue weighted by atomic mass is 32.1. The maximum Gasteiger partial charge on any atom is 0.148 e.